The van der Waals surface area contributed by atoms with Crippen LogP contribution in [0.4, 0.5) is 0 Å². The van der Waals surface area contributed by atoms with Gasteiger partial charge in [-0.15, -0.1) is 0 Å². The minimum Gasteiger partial charge on any atom is -0.396 e. The molecule has 1 aliphatic rings. The lowest BCUT2D eigenvalue weighted by Crippen LogP contribution is -2.03. The van der Waals surface area contributed by atoms with Gasteiger partial charge < -0.3 is 5.11 Å². The van der Waals surface area contributed by atoms with Crippen molar-refractivity contribution in [2.75, 3.05) is 13.2 Å². The second-order valence-corrected chi connectivity index (χ2v) is 1.83. The maximum Gasteiger partial charge on any atom is 0.0480 e. The van der Waals surface area contributed by atoms with E-state index in [1.54, 1.807) is 0 Å². The third-order valence-corrected chi connectivity index (χ3v) is 1.19. The number of hydrogen-bond donors (Lipinski definition) is 1. The molecule has 0 aromatic carbocycles. The van der Waals surface area contributed by atoms with Gasteiger partial charge in [0.05, 0.1) is 0 Å². The van der Waals surface area contributed by atoms with Crippen molar-refractivity contribution < 1.29 is 5.11 Å². The molecule has 1 rings (SSSR count). The van der Waals surface area contributed by atoms with Crippen LogP contribution in [-0.2, 0) is 0 Å². The second-order valence-electron chi connectivity index (χ2n) is 1.83. The fraction of sp³-hybridized carbons (Fsp3) is 0.800. The lowest BCUT2D eigenvalue weighted by molar-refractivity contribution is 0.240. The molecular weight excluding hydrogens is 90.1 g/mol. The van der Waals surface area contributed by atoms with Gasteiger partial charge in [-0.3, -0.25) is 4.99 Å². The quantitative estimate of drug-likeness (QED) is 0.495. The number of hydrogen-bond acceptors (Lipinski definition) is 2. The molecule has 0 radical (unpaired) electrons. The minimum absolute atomic E-state index is 0.292. The summed E-state index contributed by atoms with van der Waals surface area (Å²) in [5, 5.41) is 8.49. The average Bonchev–Trinajstić information content (AvgIpc) is 2.14. The summed E-state index contributed by atoms with van der Waals surface area (Å²) >= 11 is 0. The van der Waals surface area contributed by atoms with Crippen molar-refractivity contribution in [1.82, 2.24) is 0 Å². The Morgan fingerprint density at radius 1 is 1.86 bits per heavy atom. The monoisotopic (exact) mass is 99.1 g/mol. The maximum atomic E-state index is 8.49. The second kappa shape index (κ2) is 2.07. The van der Waals surface area contributed by atoms with E-state index >= 15 is 0 Å². The van der Waals surface area contributed by atoms with Gasteiger partial charge in [0.15, 0.2) is 0 Å². The molecule has 40 valence electrons. The summed E-state index contributed by atoms with van der Waals surface area (Å²) in [6, 6.07) is 0. The molecule has 0 saturated heterocycles. The summed E-state index contributed by atoms with van der Waals surface area (Å²) in [6.45, 7) is 1.12. The van der Waals surface area contributed by atoms with Crippen LogP contribution < -0.4 is 0 Å². The fourth-order valence-corrected chi connectivity index (χ4v) is 0.654. The highest BCUT2D eigenvalue weighted by Crippen LogP contribution is 2.05. The Morgan fingerprint density at radius 3 is 3.00 bits per heavy atom. The van der Waals surface area contributed by atoms with E-state index < -0.39 is 0 Å². The highest BCUT2D eigenvalue weighted by molar-refractivity contribution is 5.59. The molecule has 1 heterocycles. The molecule has 0 bridgehead atoms. The standard InChI is InChI=1S/C5H9NO/c7-4-5-1-2-6-3-5/h2,5,7H,1,3-4H2. The van der Waals surface area contributed by atoms with Gasteiger partial charge >= 0.3 is 0 Å². The number of aliphatic hydroxyl groups excluding tert-OH is 1. The van der Waals surface area contributed by atoms with Gasteiger partial charge in [-0.1, -0.05) is 0 Å². The fourth-order valence-electron chi connectivity index (χ4n) is 0.654. The third kappa shape index (κ3) is 0.996. The van der Waals surface area contributed by atoms with Crippen molar-refractivity contribution in [2.45, 2.75) is 6.42 Å². The molecule has 1 aliphatic heterocycles. The summed E-state index contributed by atoms with van der Waals surface area (Å²) in [4.78, 5) is 3.95. The van der Waals surface area contributed by atoms with E-state index in [9.17, 15) is 0 Å². The Bertz CT molecular complexity index is 72.1. The van der Waals surface area contributed by atoms with Gasteiger partial charge in [-0.2, -0.15) is 0 Å². The smallest absolute Gasteiger partial charge is 0.0480 e. The SMILES string of the molecule is OCC1CC=NC1. The van der Waals surface area contributed by atoms with Gasteiger partial charge in [-0.25, -0.2) is 0 Å². The van der Waals surface area contributed by atoms with Gasteiger partial charge in [0.25, 0.3) is 0 Å². The Labute approximate surface area is 42.9 Å². The van der Waals surface area contributed by atoms with Crippen molar-refractivity contribution >= 4 is 6.21 Å². The van der Waals surface area contributed by atoms with Gasteiger partial charge in [0, 0.05) is 19.1 Å². The zero-order valence-electron chi connectivity index (χ0n) is 4.17. The summed E-state index contributed by atoms with van der Waals surface area (Å²) in [6.07, 6.45) is 2.84. The zero-order chi connectivity index (χ0) is 5.11. The van der Waals surface area contributed by atoms with Gasteiger partial charge in [0.2, 0.25) is 0 Å². The van der Waals surface area contributed by atoms with Crippen LogP contribution in [-0.4, -0.2) is 24.5 Å². The molecule has 1 unspecified atom stereocenters. The first-order chi connectivity index (χ1) is 3.43. The highest BCUT2D eigenvalue weighted by Gasteiger charge is 2.07. The maximum absolute atomic E-state index is 8.49. The first-order valence-electron chi connectivity index (χ1n) is 2.52. The van der Waals surface area contributed by atoms with Crippen LogP contribution in [0.3, 0.4) is 0 Å². The first-order valence-corrected chi connectivity index (χ1v) is 2.52. The van der Waals surface area contributed by atoms with Crippen LogP contribution in [0.15, 0.2) is 4.99 Å². The largest absolute Gasteiger partial charge is 0.396 e. The Kier molecular flexibility index (Phi) is 1.42. The Hall–Kier alpha value is -0.370. The van der Waals surface area contributed by atoms with Crippen molar-refractivity contribution in [1.29, 1.82) is 0 Å². The molecule has 0 saturated carbocycles. The summed E-state index contributed by atoms with van der Waals surface area (Å²) < 4.78 is 0. The molecule has 0 spiro atoms. The zero-order valence-corrected chi connectivity index (χ0v) is 4.17. The van der Waals surface area contributed by atoms with Crippen molar-refractivity contribution in [3.63, 3.8) is 0 Å². The van der Waals surface area contributed by atoms with E-state index in [4.69, 9.17) is 5.11 Å². The summed E-state index contributed by atoms with van der Waals surface area (Å²) in [5.41, 5.74) is 0. The number of aliphatic imine (C=N–C) groups is 1. The van der Waals surface area contributed by atoms with Gasteiger partial charge in [0.1, 0.15) is 0 Å². The van der Waals surface area contributed by atoms with Crippen LogP contribution in [0.5, 0.6) is 0 Å². The molecule has 0 fully saturated rings. The van der Waals surface area contributed by atoms with E-state index in [2.05, 4.69) is 4.99 Å². The van der Waals surface area contributed by atoms with Crippen LogP contribution in [0.1, 0.15) is 6.42 Å². The van der Waals surface area contributed by atoms with Gasteiger partial charge in [-0.05, 0) is 12.6 Å². The predicted octanol–water partition coefficient (Wildman–Crippen LogP) is 0.0694. The number of nitrogens with zero attached hydrogens (tertiary/aromatic N) is 1. The van der Waals surface area contributed by atoms with E-state index in [1.807, 2.05) is 6.21 Å². The Balaban J connectivity index is 2.22. The molecule has 0 amide bonds. The number of aliphatic hydroxyl groups is 1. The van der Waals surface area contributed by atoms with Crippen molar-refractivity contribution in [3.05, 3.63) is 0 Å². The van der Waals surface area contributed by atoms with Crippen LogP contribution in [0, 0.1) is 5.92 Å². The third-order valence-electron chi connectivity index (χ3n) is 1.19. The number of rotatable bonds is 1. The van der Waals surface area contributed by atoms with E-state index in [0.717, 1.165) is 13.0 Å². The van der Waals surface area contributed by atoms with E-state index in [0.29, 0.717) is 12.5 Å². The van der Waals surface area contributed by atoms with Crippen molar-refractivity contribution in [3.8, 4) is 0 Å². The molecule has 2 heteroatoms. The predicted molar refractivity (Wildman–Crippen MR) is 28.6 cm³/mol. The molecule has 0 aliphatic carbocycles. The molecule has 1 N–H and O–H groups in total. The molecule has 0 aromatic heterocycles. The molecule has 0 aromatic rings. The molecular formula is C5H9NO. The molecule has 1 atom stereocenters. The normalized spacial score (nSPS) is 29.0. The topological polar surface area (TPSA) is 32.6 Å². The molecule has 2 nitrogen and oxygen atoms in total. The first kappa shape index (κ1) is 4.78. The van der Waals surface area contributed by atoms with Crippen LogP contribution in [0.2, 0.25) is 0 Å². The highest BCUT2D eigenvalue weighted by atomic mass is 16.3. The lowest BCUT2D eigenvalue weighted by atomic mass is 10.1. The van der Waals surface area contributed by atoms with E-state index in [-0.39, 0.29) is 0 Å². The Morgan fingerprint density at radius 2 is 2.71 bits per heavy atom. The molecule has 7 heavy (non-hydrogen) atoms. The summed E-state index contributed by atoms with van der Waals surface area (Å²) in [7, 11) is 0. The lowest BCUT2D eigenvalue weighted by Gasteiger charge is -1.97. The van der Waals surface area contributed by atoms with Crippen molar-refractivity contribution in [2.24, 2.45) is 10.9 Å². The van der Waals surface area contributed by atoms with E-state index in [1.165, 1.54) is 0 Å². The van der Waals surface area contributed by atoms with Crippen LogP contribution in [0.25, 0.3) is 0 Å². The average molecular weight is 99.1 g/mol. The van der Waals surface area contributed by atoms with Crippen LogP contribution >= 0.6 is 0 Å². The summed E-state index contributed by atoms with van der Waals surface area (Å²) in [5.74, 6) is 0.431. The minimum atomic E-state index is 0.292.